The van der Waals surface area contributed by atoms with Crippen molar-refractivity contribution in [3.63, 3.8) is 0 Å². The predicted molar refractivity (Wildman–Crippen MR) is 83.6 cm³/mol. The largest absolute Gasteiger partial charge is 0.310 e. The summed E-state index contributed by atoms with van der Waals surface area (Å²) in [5.74, 6) is 0. The summed E-state index contributed by atoms with van der Waals surface area (Å²) in [6, 6.07) is 15.0. The Labute approximate surface area is 120 Å². The zero-order valence-electron chi connectivity index (χ0n) is 11.7. The minimum atomic E-state index is 0.473. The number of hydrogen-bond donors (Lipinski definition) is 1. The maximum Gasteiger partial charge on any atom is 0.0412 e. The van der Waals surface area contributed by atoms with E-state index < -0.39 is 0 Å². The number of nitrogens with one attached hydrogen (secondary N) is 1. The zero-order valence-corrected chi connectivity index (χ0v) is 12.5. The van der Waals surface area contributed by atoms with Crippen LogP contribution in [0.15, 0.2) is 42.5 Å². The van der Waals surface area contributed by atoms with Crippen molar-refractivity contribution in [2.75, 3.05) is 0 Å². The molecule has 0 aliphatic carbocycles. The minimum Gasteiger partial charge on any atom is -0.310 e. The first kappa shape index (κ1) is 14.1. The highest BCUT2D eigenvalue weighted by molar-refractivity contribution is 6.30. The highest BCUT2D eigenvalue weighted by Crippen LogP contribution is 2.29. The summed E-state index contributed by atoms with van der Waals surface area (Å²) < 4.78 is 0. The van der Waals surface area contributed by atoms with Crippen molar-refractivity contribution >= 4 is 11.6 Å². The third kappa shape index (κ3) is 3.59. The monoisotopic (exact) mass is 273 g/mol. The second kappa shape index (κ2) is 6.23. The van der Waals surface area contributed by atoms with Crippen LogP contribution in [-0.4, -0.2) is 6.04 Å². The molecule has 2 rings (SSSR count). The van der Waals surface area contributed by atoms with Gasteiger partial charge in [-0.1, -0.05) is 55.8 Å². The Morgan fingerprint density at radius 3 is 2.47 bits per heavy atom. The Morgan fingerprint density at radius 1 is 1.05 bits per heavy atom. The van der Waals surface area contributed by atoms with Crippen LogP contribution < -0.4 is 5.32 Å². The van der Waals surface area contributed by atoms with Gasteiger partial charge < -0.3 is 5.32 Å². The van der Waals surface area contributed by atoms with Gasteiger partial charge in [-0.3, -0.25) is 0 Å². The van der Waals surface area contributed by atoms with Crippen molar-refractivity contribution in [3.05, 3.63) is 58.6 Å². The van der Waals surface area contributed by atoms with E-state index in [0.717, 1.165) is 11.6 Å². The molecule has 2 heteroatoms. The zero-order chi connectivity index (χ0) is 13.8. The molecule has 0 atom stereocenters. The Bertz CT molecular complexity index is 561. The number of hydrogen-bond acceptors (Lipinski definition) is 1. The summed E-state index contributed by atoms with van der Waals surface area (Å²) in [7, 11) is 0. The number of rotatable bonds is 4. The van der Waals surface area contributed by atoms with E-state index in [2.05, 4.69) is 62.5 Å². The van der Waals surface area contributed by atoms with Crippen molar-refractivity contribution in [2.45, 2.75) is 33.4 Å². The van der Waals surface area contributed by atoms with Crippen LogP contribution in [0, 0.1) is 6.92 Å². The van der Waals surface area contributed by atoms with Crippen LogP contribution in [0.5, 0.6) is 0 Å². The van der Waals surface area contributed by atoms with Gasteiger partial charge in [-0.05, 0) is 41.3 Å². The maximum absolute atomic E-state index is 6.16. The van der Waals surface area contributed by atoms with E-state index in [1.807, 2.05) is 6.07 Å². The quantitative estimate of drug-likeness (QED) is 0.843. The van der Waals surface area contributed by atoms with Crippen molar-refractivity contribution in [1.29, 1.82) is 0 Å². The molecule has 0 amide bonds. The summed E-state index contributed by atoms with van der Waals surface area (Å²) in [6.45, 7) is 7.31. The fourth-order valence-corrected chi connectivity index (χ4v) is 2.31. The van der Waals surface area contributed by atoms with Crippen molar-refractivity contribution in [1.82, 2.24) is 5.32 Å². The lowest BCUT2D eigenvalue weighted by Crippen LogP contribution is -2.22. The van der Waals surface area contributed by atoms with Crippen LogP contribution in [0.1, 0.15) is 25.0 Å². The Balaban J connectivity index is 2.43. The van der Waals surface area contributed by atoms with Crippen LogP contribution in [0.3, 0.4) is 0 Å². The highest BCUT2D eigenvalue weighted by Gasteiger charge is 2.08. The molecule has 0 bridgehead atoms. The van der Waals surface area contributed by atoms with Crippen molar-refractivity contribution in [3.8, 4) is 11.1 Å². The van der Waals surface area contributed by atoms with Gasteiger partial charge in [0.2, 0.25) is 0 Å². The lowest BCUT2D eigenvalue weighted by atomic mass is 9.96. The van der Waals surface area contributed by atoms with E-state index in [1.54, 1.807) is 0 Å². The number of halogens is 1. The van der Waals surface area contributed by atoms with Gasteiger partial charge >= 0.3 is 0 Å². The first-order valence-corrected chi connectivity index (χ1v) is 7.03. The van der Waals surface area contributed by atoms with E-state index in [4.69, 9.17) is 11.6 Å². The van der Waals surface area contributed by atoms with Crippen LogP contribution in [0.2, 0.25) is 5.02 Å². The van der Waals surface area contributed by atoms with Gasteiger partial charge in [-0.15, -0.1) is 0 Å². The van der Waals surface area contributed by atoms with Gasteiger partial charge in [0, 0.05) is 17.6 Å². The van der Waals surface area contributed by atoms with Crippen LogP contribution in [0.25, 0.3) is 11.1 Å². The highest BCUT2D eigenvalue weighted by atomic mass is 35.5. The number of benzene rings is 2. The second-order valence-electron chi connectivity index (χ2n) is 5.15. The molecule has 0 aromatic heterocycles. The summed E-state index contributed by atoms with van der Waals surface area (Å²) in [5, 5.41) is 4.25. The summed E-state index contributed by atoms with van der Waals surface area (Å²) >= 11 is 6.16. The third-order valence-corrected chi connectivity index (χ3v) is 3.44. The molecule has 2 aromatic rings. The van der Waals surface area contributed by atoms with E-state index in [9.17, 15) is 0 Å². The van der Waals surface area contributed by atoms with Crippen LogP contribution >= 0.6 is 11.6 Å². The first-order chi connectivity index (χ1) is 9.08. The molecular weight excluding hydrogens is 254 g/mol. The van der Waals surface area contributed by atoms with Gasteiger partial charge in [0.1, 0.15) is 0 Å². The minimum absolute atomic E-state index is 0.473. The molecule has 0 radical (unpaired) electrons. The molecule has 2 aromatic carbocycles. The first-order valence-electron chi connectivity index (χ1n) is 6.65. The molecule has 1 nitrogen and oxygen atoms in total. The summed E-state index contributed by atoms with van der Waals surface area (Å²) in [5.41, 5.74) is 5.03. The normalized spacial score (nSPS) is 11.0. The summed E-state index contributed by atoms with van der Waals surface area (Å²) in [4.78, 5) is 0. The van der Waals surface area contributed by atoms with Gasteiger partial charge in [0.05, 0.1) is 0 Å². The molecule has 0 spiro atoms. The molecule has 0 fully saturated rings. The average Bonchev–Trinajstić information content (AvgIpc) is 2.37. The smallest absolute Gasteiger partial charge is 0.0412 e. The predicted octanol–water partition coefficient (Wildman–Crippen LogP) is 4.81. The van der Waals surface area contributed by atoms with Crippen molar-refractivity contribution < 1.29 is 0 Å². The second-order valence-corrected chi connectivity index (χ2v) is 5.59. The molecule has 0 heterocycles. The van der Waals surface area contributed by atoms with Gasteiger partial charge in [-0.25, -0.2) is 0 Å². The van der Waals surface area contributed by atoms with E-state index in [-0.39, 0.29) is 0 Å². The molecule has 0 saturated heterocycles. The van der Waals surface area contributed by atoms with Crippen LogP contribution in [-0.2, 0) is 6.54 Å². The van der Waals surface area contributed by atoms with E-state index in [1.165, 1.54) is 22.3 Å². The fourth-order valence-electron chi connectivity index (χ4n) is 2.14. The van der Waals surface area contributed by atoms with E-state index >= 15 is 0 Å². The maximum atomic E-state index is 6.16. The molecule has 19 heavy (non-hydrogen) atoms. The lowest BCUT2D eigenvalue weighted by Gasteiger charge is -2.15. The van der Waals surface area contributed by atoms with Gasteiger partial charge in [0.25, 0.3) is 0 Å². The van der Waals surface area contributed by atoms with Crippen molar-refractivity contribution in [2.24, 2.45) is 0 Å². The fraction of sp³-hybridized carbons (Fsp3) is 0.294. The standard InChI is InChI=1S/C17H20ClN/c1-12(2)19-11-14-8-9-15(18)10-17(14)16-7-5-4-6-13(16)3/h4-10,12,19H,11H2,1-3H3. The Kier molecular flexibility index (Phi) is 4.62. The van der Waals surface area contributed by atoms with Gasteiger partial charge in [0.15, 0.2) is 0 Å². The topological polar surface area (TPSA) is 12.0 Å². The summed E-state index contributed by atoms with van der Waals surface area (Å²) in [6.07, 6.45) is 0. The Morgan fingerprint density at radius 2 is 1.79 bits per heavy atom. The molecule has 100 valence electrons. The average molecular weight is 274 g/mol. The molecule has 0 aliphatic rings. The Hall–Kier alpha value is -1.31. The molecular formula is C17H20ClN. The SMILES string of the molecule is Cc1ccccc1-c1cc(Cl)ccc1CNC(C)C. The molecule has 1 N–H and O–H groups in total. The molecule has 0 saturated carbocycles. The van der Waals surface area contributed by atoms with Gasteiger partial charge in [-0.2, -0.15) is 0 Å². The third-order valence-electron chi connectivity index (χ3n) is 3.21. The lowest BCUT2D eigenvalue weighted by molar-refractivity contribution is 0.589. The number of aryl methyl sites for hydroxylation is 1. The molecule has 0 unspecified atom stereocenters. The molecule has 0 aliphatic heterocycles. The van der Waals surface area contributed by atoms with Crippen LogP contribution in [0.4, 0.5) is 0 Å². The van der Waals surface area contributed by atoms with E-state index in [0.29, 0.717) is 6.04 Å².